The third-order valence-corrected chi connectivity index (χ3v) is 4.18. The van der Waals surface area contributed by atoms with Gasteiger partial charge in [0, 0.05) is 0 Å². The normalized spacial score (nSPS) is 10.8. The summed E-state index contributed by atoms with van der Waals surface area (Å²) >= 11 is 4.23. The Balaban J connectivity index is 1.87. The van der Waals surface area contributed by atoms with Crippen LogP contribution >= 0.6 is 27.7 Å². The predicted molar refractivity (Wildman–Crippen MR) is 92.6 cm³/mol. The van der Waals surface area contributed by atoms with Crippen molar-refractivity contribution in [1.82, 2.24) is 20.6 Å². The van der Waals surface area contributed by atoms with E-state index >= 15 is 0 Å². The molecule has 9 nitrogen and oxygen atoms in total. The number of halogens is 1. The monoisotopic (exact) mass is 413 g/mol. The first-order valence-electron chi connectivity index (χ1n) is 6.47. The molecule has 0 spiro atoms. The SMILES string of the molecule is COc1ccc(/C=N/NC(=O)CSc2n[nH]c(=O)[nH]c2=O)cc1Br. The number of benzene rings is 1. The van der Waals surface area contributed by atoms with E-state index < -0.39 is 17.2 Å². The van der Waals surface area contributed by atoms with E-state index in [-0.39, 0.29) is 10.8 Å². The maximum absolute atomic E-state index is 11.7. The summed E-state index contributed by atoms with van der Waals surface area (Å²) in [5.41, 5.74) is 1.74. The molecular weight excluding hydrogens is 402 g/mol. The zero-order valence-corrected chi connectivity index (χ0v) is 14.7. The molecule has 11 heteroatoms. The Morgan fingerprint density at radius 3 is 2.96 bits per heavy atom. The second-order valence-electron chi connectivity index (χ2n) is 4.29. The molecule has 0 bridgehead atoms. The number of aromatic nitrogens is 3. The predicted octanol–water partition coefficient (Wildman–Crippen LogP) is 0.472. The first-order valence-corrected chi connectivity index (χ1v) is 8.24. The van der Waals surface area contributed by atoms with Crippen molar-refractivity contribution in [3.63, 3.8) is 0 Å². The first kappa shape index (κ1) is 17.9. The Morgan fingerprint density at radius 1 is 1.50 bits per heavy atom. The van der Waals surface area contributed by atoms with Gasteiger partial charge in [0.25, 0.3) is 5.56 Å². The van der Waals surface area contributed by atoms with Gasteiger partial charge in [-0.05, 0) is 39.7 Å². The number of nitrogens with zero attached hydrogens (tertiary/aromatic N) is 2. The van der Waals surface area contributed by atoms with Gasteiger partial charge in [0.15, 0.2) is 5.03 Å². The van der Waals surface area contributed by atoms with Crippen LogP contribution in [0.25, 0.3) is 0 Å². The van der Waals surface area contributed by atoms with Gasteiger partial charge in [-0.25, -0.2) is 15.3 Å². The number of thioether (sulfide) groups is 1. The molecular formula is C13H12BrN5O4S. The highest BCUT2D eigenvalue weighted by atomic mass is 79.9. The number of carbonyl (C=O) groups is 1. The number of amides is 1. The number of carbonyl (C=O) groups excluding carboxylic acids is 1. The molecule has 0 saturated heterocycles. The average Bonchev–Trinajstić information content (AvgIpc) is 2.54. The van der Waals surface area contributed by atoms with Gasteiger partial charge < -0.3 is 4.74 Å². The number of methoxy groups -OCH3 is 1. The lowest BCUT2D eigenvalue weighted by Gasteiger charge is -2.03. The molecule has 3 N–H and O–H groups in total. The van der Waals surface area contributed by atoms with E-state index in [1.54, 1.807) is 25.3 Å². The molecule has 0 aliphatic heterocycles. The summed E-state index contributed by atoms with van der Waals surface area (Å²) in [7, 11) is 1.56. The summed E-state index contributed by atoms with van der Waals surface area (Å²) in [5, 5.41) is 9.45. The van der Waals surface area contributed by atoms with Crippen molar-refractivity contribution in [2.75, 3.05) is 12.9 Å². The standard InChI is InChI=1S/C13H12BrN5O4S/c1-23-9-3-2-7(4-8(9)14)5-15-17-10(20)6-24-12-11(21)16-13(22)19-18-12/h2-5H,6H2,1H3,(H,17,20)(H2,16,19,21,22)/b15-5+. The molecule has 1 amide bonds. The van der Waals surface area contributed by atoms with E-state index in [1.165, 1.54) is 6.21 Å². The van der Waals surface area contributed by atoms with Crippen LogP contribution in [0.15, 0.2) is 42.4 Å². The Morgan fingerprint density at radius 2 is 2.29 bits per heavy atom. The summed E-state index contributed by atoms with van der Waals surface area (Å²) in [6.45, 7) is 0. The maximum Gasteiger partial charge on any atom is 0.342 e. The second kappa shape index (κ2) is 8.45. The molecule has 2 aromatic rings. The number of rotatable bonds is 6. The van der Waals surface area contributed by atoms with E-state index in [1.807, 2.05) is 4.98 Å². The van der Waals surface area contributed by atoms with Gasteiger partial charge in [0.05, 0.1) is 23.5 Å². The van der Waals surface area contributed by atoms with Gasteiger partial charge in [0.2, 0.25) is 5.91 Å². The molecule has 0 aliphatic rings. The molecule has 2 rings (SSSR count). The average molecular weight is 414 g/mol. The van der Waals surface area contributed by atoms with E-state index in [9.17, 15) is 14.4 Å². The highest BCUT2D eigenvalue weighted by Crippen LogP contribution is 2.24. The zero-order chi connectivity index (χ0) is 17.5. The molecule has 0 fully saturated rings. The van der Waals surface area contributed by atoms with Gasteiger partial charge in [-0.3, -0.25) is 14.6 Å². The lowest BCUT2D eigenvalue weighted by molar-refractivity contribution is -0.118. The van der Waals surface area contributed by atoms with Crippen molar-refractivity contribution < 1.29 is 9.53 Å². The summed E-state index contributed by atoms with van der Waals surface area (Å²) < 4.78 is 5.88. The molecule has 0 radical (unpaired) electrons. The van der Waals surface area contributed by atoms with Crippen LogP contribution in [0.5, 0.6) is 5.75 Å². The molecule has 0 unspecified atom stereocenters. The highest BCUT2D eigenvalue weighted by Gasteiger charge is 2.07. The van der Waals surface area contributed by atoms with Gasteiger partial charge >= 0.3 is 5.69 Å². The maximum atomic E-state index is 11.7. The Kier molecular flexibility index (Phi) is 6.32. The minimum Gasteiger partial charge on any atom is -0.496 e. The molecule has 1 heterocycles. The number of aromatic amines is 2. The summed E-state index contributed by atoms with van der Waals surface area (Å²) in [4.78, 5) is 35.9. The second-order valence-corrected chi connectivity index (χ2v) is 6.11. The summed E-state index contributed by atoms with van der Waals surface area (Å²) in [6.07, 6.45) is 1.47. The van der Waals surface area contributed by atoms with Crippen molar-refractivity contribution in [3.05, 3.63) is 49.1 Å². The lowest BCUT2D eigenvalue weighted by atomic mass is 10.2. The van der Waals surface area contributed by atoms with Gasteiger partial charge in [-0.2, -0.15) is 10.2 Å². The lowest BCUT2D eigenvalue weighted by Crippen LogP contribution is -2.26. The number of hydrazone groups is 1. The van der Waals surface area contributed by atoms with Gasteiger partial charge in [-0.1, -0.05) is 11.8 Å². The van der Waals surface area contributed by atoms with E-state index in [0.29, 0.717) is 5.75 Å². The van der Waals surface area contributed by atoms with E-state index in [4.69, 9.17) is 4.74 Å². The van der Waals surface area contributed by atoms with Crippen LogP contribution in [-0.4, -0.2) is 40.2 Å². The van der Waals surface area contributed by atoms with Crippen LogP contribution < -0.4 is 21.4 Å². The quantitative estimate of drug-likeness (QED) is 0.358. The molecule has 0 aliphatic carbocycles. The fourth-order valence-electron chi connectivity index (χ4n) is 1.54. The van der Waals surface area contributed by atoms with Crippen molar-refractivity contribution in [1.29, 1.82) is 0 Å². The van der Waals surface area contributed by atoms with Crippen LogP contribution in [0.1, 0.15) is 5.56 Å². The fourth-order valence-corrected chi connectivity index (χ4v) is 2.73. The largest absolute Gasteiger partial charge is 0.496 e. The first-order chi connectivity index (χ1) is 11.5. The Bertz CT molecular complexity index is 879. The van der Waals surface area contributed by atoms with Crippen LogP contribution in [0.4, 0.5) is 0 Å². The van der Waals surface area contributed by atoms with E-state index in [2.05, 4.69) is 36.7 Å². The van der Waals surface area contributed by atoms with Crippen molar-refractivity contribution in [3.8, 4) is 5.75 Å². The number of hydrogen-bond donors (Lipinski definition) is 3. The third kappa shape index (κ3) is 5.06. The van der Waals surface area contributed by atoms with Crippen LogP contribution in [0.2, 0.25) is 0 Å². The number of hydrogen-bond acceptors (Lipinski definition) is 7. The van der Waals surface area contributed by atoms with Crippen molar-refractivity contribution >= 4 is 39.8 Å². The van der Waals surface area contributed by atoms with Gasteiger partial charge in [-0.15, -0.1) is 0 Å². The van der Waals surface area contributed by atoms with Gasteiger partial charge in [0.1, 0.15) is 5.75 Å². The molecule has 0 saturated carbocycles. The molecule has 0 atom stereocenters. The molecule has 126 valence electrons. The Hall–Kier alpha value is -2.40. The zero-order valence-electron chi connectivity index (χ0n) is 12.3. The highest BCUT2D eigenvalue weighted by molar-refractivity contribution is 9.10. The fraction of sp³-hybridized carbons (Fsp3) is 0.154. The molecule has 1 aromatic carbocycles. The summed E-state index contributed by atoms with van der Waals surface area (Å²) in [5.74, 6) is 0.189. The molecule has 24 heavy (non-hydrogen) atoms. The molecule has 1 aromatic heterocycles. The minimum atomic E-state index is -0.705. The van der Waals surface area contributed by atoms with Crippen LogP contribution in [0.3, 0.4) is 0 Å². The minimum absolute atomic E-state index is 0.00665. The Labute approximate surface area is 148 Å². The number of ether oxygens (including phenoxy) is 1. The van der Waals surface area contributed by atoms with Crippen LogP contribution in [-0.2, 0) is 4.79 Å². The smallest absolute Gasteiger partial charge is 0.342 e. The number of nitrogens with one attached hydrogen (secondary N) is 3. The van der Waals surface area contributed by atoms with Crippen molar-refractivity contribution in [2.24, 2.45) is 5.10 Å². The van der Waals surface area contributed by atoms with E-state index in [0.717, 1.165) is 21.8 Å². The third-order valence-electron chi connectivity index (χ3n) is 2.60. The van der Waals surface area contributed by atoms with Crippen molar-refractivity contribution in [2.45, 2.75) is 5.03 Å². The topological polar surface area (TPSA) is 129 Å². The van der Waals surface area contributed by atoms with Crippen LogP contribution in [0, 0.1) is 0 Å². The number of H-pyrrole nitrogens is 2. The summed E-state index contributed by atoms with van der Waals surface area (Å²) in [6, 6.07) is 5.32.